The van der Waals surface area contributed by atoms with Gasteiger partial charge in [0.1, 0.15) is 5.75 Å². The molecule has 1 aliphatic heterocycles. The number of benzene rings is 2. The van der Waals surface area contributed by atoms with E-state index in [9.17, 15) is 19.5 Å². The summed E-state index contributed by atoms with van der Waals surface area (Å²) in [6, 6.07) is 15.0. The molecule has 0 saturated carbocycles. The van der Waals surface area contributed by atoms with Crippen LogP contribution in [0.2, 0.25) is 0 Å². The van der Waals surface area contributed by atoms with Crippen LogP contribution >= 0.6 is 11.8 Å². The van der Waals surface area contributed by atoms with E-state index < -0.39 is 23.6 Å². The number of pyridine rings is 1. The third-order valence-corrected chi connectivity index (χ3v) is 8.13. The molecule has 8 nitrogen and oxygen atoms in total. The van der Waals surface area contributed by atoms with Crippen LogP contribution in [0.15, 0.2) is 59.6 Å². The summed E-state index contributed by atoms with van der Waals surface area (Å²) in [7, 11) is 0. The largest absolute Gasteiger partial charge is 0.478 e. The summed E-state index contributed by atoms with van der Waals surface area (Å²) in [5, 5.41) is 9.50. The Morgan fingerprint density at radius 1 is 1.02 bits per heavy atom. The molecular formula is C32H36N2O6S. The molecule has 4 rings (SSSR count). The first-order chi connectivity index (χ1) is 19.4. The predicted molar refractivity (Wildman–Crippen MR) is 158 cm³/mol. The lowest BCUT2D eigenvalue weighted by atomic mass is 9.84. The molecule has 1 saturated heterocycles. The van der Waals surface area contributed by atoms with Gasteiger partial charge in [0.15, 0.2) is 17.1 Å². The Labute approximate surface area is 245 Å². The van der Waals surface area contributed by atoms with Crippen LogP contribution in [0.3, 0.4) is 0 Å². The molecule has 0 unspecified atom stereocenters. The van der Waals surface area contributed by atoms with Crippen molar-refractivity contribution in [2.24, 2.45) is 11.8 Å². The maximum Gasteiger partial charge on any atom is 0.415 e. The first kappa shape index (κ1) is 30.1. The van der Waals surface area contributed by atoms with Crippen LogP contribution in [0, 0.1) is 32.6 Å². The highest BCUT2D eigenvalue weighted by Gasteiger charge is 2.41. The first-order valence-electron chi connectivity index (χ1n) is 13.5. The van der Waals surface area contributed by atoms with Gasteiger partial charge in [0.25, 0.3) is 0 Å². The van der Waals surface area contributed by atoms with Crippen LogP contribution in [0.1, 0.15) is 46.6 Å². The lowest BCUT2D eigenvalue weighted by molar-refractivity contribution is -0.152. The second kappa shape index (κ2) is 12.3. The summed E-state index contributed by atoms with van der Waals surface area (Å²) in [4.78, 5) is 45.3. The van der Waals surface area contributed by atoms with E-state index in [1.165, 1.54) is 20.0 Å². The quantitative estimate of drug-likeness (QED) is 0.239. The molecule has 2 aromatic carbocycles. The maximum atomic E-state index is 13.7. The van der Waals surface area contributed by atoms with Crippen molar-refractivity contribution in [2.45, 2.75) is 51.5 Å². The molecule has 9 heteroatoms. The molecule has 0 bridgehead atoms. The van der Waals surface area contributed by atoms with Crippen LogP contribution in [0.25, 0.3) is 0 Å². The van der Waals surface area contributed by atoms with Gasteiger partial charge in [0, 0.05) is 35.2 Å². The molecule has 41 heavy (non-hydrogen) atoms. The van der Waals surface area contributed by atoms with Gasteiger partial charge in [-0.15, -0.1) is 11.8 Å². The number of carbonyl (C=O) groups is 3. The zero-order valence-corrected chi connectivity index (χ0v) is 25.1. The van der Waals surface area contributed by atoms with Gasteiger partial charge in [-0.05, 0) is 94.2 Å². The Hall–Kier alpha value is -3.85. The van der Waals surface area contributed by atoms with Crippen molar-refractivity contribution in [3.63, 3.8) is 0 Å². The van der Waals surface area contributed by atoms with Crippen molar-refractivity contribution in [1.29, 1.82) is 0 Å². The van der Waals surface area contributed by atoms with Gasteiger partial charge in [-0.25, -0.2) is 9.59 Å². The molecule has 1 N–H and O–H groups in total. The molecule has 3 aromatic rings. The van der Waals surface area contributed by atoms with Crippen LogP contribution < -0.4 is 9.47 Å². The van der Waals surface area contributed by atoms with E-state index in [0.29, 0.717) is 30.0 Å². The van der Waals surface area contributed by atoms with Gasteiger partial charge < -0.3 is 19.5 Å². The third kappa shape index (κ3) is 7.08. The normalized spacial score (nSPS) is 16.9. The number of amides is 1. The number of hydrogen-bond acceptors (Lipinski definition) is 7. The molecule has 2 atom stereocenters. The molecule has 1 aliphatic rings. The highest BCUT2D eigenvalue weighted by molar-refractivity contribution is 7.98. The average Bonchev–Trinajstić information content (AvgIpc) is 3.35. The summed E-state index contributed by atoms with van der Waals surface area (Å²) in [6.45, 7) is 9.26. The number of carboxylic acid groups (broad SMARTS) is 1. The number of carbonyl (C=O) groups excluding carboxylic acids is 2. The summed E-state index contributed by atoms with van der Waals surface area (Å²) < 4.78 is 11.4. The van der Waals surface area contributed by atoms with Gasteiger partial charge >= 0.3 is 12.1 Å². The van der Waals surface area contributed by atoms with Crippen LogP contribution in [-0.4, -0.2) is 57.8 Å². The molecule has 216 valence electrons. The summed E-state index contributed by atoms with van der Waals surface area (Å²) in [5.74, 6) is -0.733. The Morgan fingerprint density at radius 2 is 1.68 bits per heavy atom. The molecule has 0 aliphatic carbocycles. The number of carboxylic acids is 1. The highest BCUT2D eigenvalue weighted by Crippen LogP contribution is 2.34. The number of aliphatic carboxylic acids is 1. The smallest absolute Gasteiger partial charge is 0.415 e. The van der Waals surface area contributed by atoms with E-state index in [1.54, 1.807) is 28.8 Å². The van der Waals surface area contributed by atoms with Crippen molar-refractivity contribution in [1.82, 2.24) is 9.88 Å². The first-order valence-corrected chi connectivity index (χ1v) is 14.7. The van der Waals surface area contributed by atoms with E-state index in [-0.39, 0.29) is 18.2 Å². The lowest BCUT2D eigenvalue weighted by Crippen LogP contribution is -2.38. The molecular weight excluding hydrogens is 540 g/mol. The number of rotatable bonds is 9. The van der Waals surface area contributed by atoms with Crippen LogP contribution in [-0.2, 0) is 11.2 Å². The zero-order valence-electron chi connectivity index (χ0n) is 24.3. The minimum absolute atomic E-state index is 0.00781. The standard InChI is InChI=1S/C32H36N2O6S/c1-19-13-22(14-20(2)29(19)40-32(4,5)30(36)37)15-24-17-34(31(38)39-25-10-7-21(3)33-16-25)18-27(24)28(35)23-8-11-26(41-6)12-9-23/h7-14,16,24,27H,15,17-18H2,1-6H3,(H,36,37)/t24-,27-/m1/s1. The summed E-state index contributed by atoms with van der Waals surface area (Å²) in [5.41, 5.74) is 2.66. The SMILES string of the molecule is CSc1ccc(C(=O)[C@@H]2CN(C(=O)Oc3ccc(C)nc3)C[C@H]2Cc2cc(C)c(OC(C)(C)C(=O)O)c(C)c2)cc1. The van der Waals surface area contributed by atoms with Gasteiger partial charge in [-0.1, -0.05) is 24.3 Å². The van der Waals surface area contributed by atoms with Crippen LogP contribution in [0.5, 0.6) is 11.5 Å². The van der Waals surface area contributed by atoms with E-state index >= 15 is 0 Å². The Bertz CT molecular complexity index is 1410. The third-order valence-electron chi connectivity index (χ3n) is 7.39. The zero-order chi connectivity index (χ0) is 29.9. The number of aromatic nitrogens is 1. The average molecular weight is 577 g/mol. The van der Waals surface area contributed by atoms with Crippen molar-refractivity contribution in [2.75, 3.05) is 19.3 Å². The fraction of sp³-hybridized carbons (Fsp3) is 0.375. The van der Waals surface area contributed by atoms with E-state index in [2.05, 4.69) is 4.98 Å². The minimum Gasteiger partial charge on any atom is -0.478 e. The molecule has 2 heterocycles. The van der Waals surface area contributed by atoms with E-state index in [0.717, 1.165) is 27.3 Å². The highest BCUT2D eigenvalue weighted by atomic mass is 32.2. The van der Waals surface area contributed by atoms with Crippen LogP contribution in [0.4, 0.5) is 4.79 Å². The minimum atomic E-state index is -1.38. The van der Waals surface area contributed by atoms with Crippen molar-refractivity contribution in [3.05, 3.63) is 82.7 Å². The molecule has 1 aromatic heterocycles. The Morgan fingerprint density at radius 3 is 2.24 bits per heavy atom. The number of aryl methyl sites for hydroxylation is 3. The number of nitrogens with zero attached hydrogens (tertiary/aromatic N) is 2. The summed E-state index contributed by atoms with van der Waals surface area (Å²) in [6.07, 6.45) is 3.54. The maximum absolute atomic E-state index is 13.7. The Balaban J connectivity index is 1.59. The van der Waals surface area contributed by atoms with E-state index in [1.807, 2.05) is 63.4 Å². The van der Waals surface area contributed by atoms with Gasteiger partial charge in [-0.2, -0.15) is 0 Å². The van der Waals surface area contributed by atoms with E-state index in [4.69, 9.17) is 9.47 Å². The molecule has 0 radical (unpaired) electrons. The topological polar surface area (TPSA) is 106 Å². The number of thioether (sulfide) groups is 1. The van der Waals surface area contributed by atoms with Gasteiger partial charge in [-0.3, -0.25) is 9.78 Å². The van der Waals surface area contributed by atoms with Gasteiger partial charge in [0.2, 0.25) is 0 Å². The fourth-order valence-electron chi connectivity index (χ4n) is 5.09. The van der Waals surface area contributed by atoms with Crippen molar-refractivity contribution >= 4 is 29.6 Å². The second-order valence-corrected chi connectivity index (χ2v) is 11.9. The number of Topliss-reactive ketones (excluding diaryl/α,β-unsaturated/α-hetero) is 1. The molecule has 1 amide bonds. The monoisotopic (exact) mass is 576 g/mol. The van der Waals surface area contributed by atoms with Crippen molar-refractivity contribution in [3.8, 4) is 11.5 Å². The number of likely N-dealkylation sites (tertiary alicyclic amines) is 1. The number of hydrogen-bond donors (Lipinski definition) is 1. The second-order valence-electron chi connectivity index (χ2n) is 11.0. The number of ether oxygens (including phenoxy) is 2. The fourth-order valence-corrected chi connectivity index (χ4v) is 5.50. The van der Waals surface area contributed by atoms with Gasteiger partial charge in [0.05, 0.1) is 6.20 Å². The number of ketones is 1. The van der Waals surface area contributed by atoms with Crippen molar-refractivity contribution < 1.29 is 29.0 Å². The lowest BCUT2D eigenvalue weighted by Gasteiger charge is -2.25. The Kier molecular flexibility index (Phi) is 9.07. The molecule has 0 spiro atoms. The summed E-state index contributed by atoms with van der Waals surface area (Å²) >= 11 is 1.61. The molecule has 1 fully saturated rings. The predicted octanol–water partition coefficient (Wildman–Crippen LogP) is 6.14.